The molecule has 1 saturated heterocycles. The first kappa shape index (κ1) is 17.6. The highest BCUT2D eigenvalue weighted by atomic mass is 15.2. The molecule has 0 aromatic carbocycles. The van der Waals surface area contributed by atoms with Crippen molar-refractivity contribution in [2.24, 2.45) is 0 Å². The number of hydrogen-bond donors (Lipinski definition) is 3. The molecule has 4 rings (SSSR count). The van der Waals surface area contributed by atoms with Crippen LogP contribution in [0.1, 0.15) is 38.2 Å². The van der Waals surface area contributed by atoms with Gasteiger partial charge in [0.2, 0.25) is 0 Å². The molecule has 0 aliphatic carbocycles. The number of pyridine rings is 2. The molecule has 7 nitrogen and oxygen atoms in total. The standard InChI is InChI=1S/C20H25N7/c1-13(2)14-8-20(27-23-10-14)26-19-6-5-17-18(25-19)9-16(12-22-17)24-15-4-3-7-21-11-15/h5-6,8-10,12-13,15,21,24H,3-4,7,11H2,1-2H3,(H,25,26,27). The molecule has 27 heavy (non-hydrogen) atoms. The molecule has 3 aromatic heterocycles. The van der Waals surface area contributed by atoms with Gasteiger partial charge in [-0.1, -0.05) is 13.8 Å². The highest BCUT2D eigenvalue weighted by Gasteiger charge is 2.13. The van der Waals surface area contributed by atoms with E-state index < -0.39 is 0 Å². The molecule has 0 bridgehead atoms. The molecule has 0 amide bonds. The highest BCUT2D eigenvalue weighted by Crippen LogP contribution is 2.22. The van der Waals surface area contributed by atoms with E-state index >= 15 is 0 Å². The Morgan fingerprint density at radius 2 is 2.04 bits per heavy atom. The van der Waals surface area contributed by atoms with Crippen LogP contribution < -0.4 is 16.0 Å². The monoisotopic (exact) mass is 363 g/mol. The van der Waals surface area contributed by atoms with Gasteiger partial charge in [0.05, 0.1) is 29.1 Å². The van der Waals surface area contributed by atoms with E-state index in [-0.39, 0.29) is 0 Å². The third-order valence-corrected chi connectivity index (χ3v) is 4.80. The van der Waals surface area contributed by atoms with Gasteiger partial charge in [-0.25, -0.2) is 4.98 Å². The van der Waals surface area contributed by atoms with Crippen molar-refractivity contribution in [1.29, 1.82) is 0 Å². The zero-order valence-electron chi connectivity index (χ0n) is 15.7. The van der Waals surface area contributed by atoms with E-state index in [1.54, 1.807) is 6.20 Å². The SMILES string of the molecule is CC(C)c1cnnc(Nc2ccc3ncc(NC4CCCNC4)cc3n2)c1. The van der Waals surface area contributed by atoms with Crippen LogP contribution in [0.4, 0.5) is 17.3 Å². The predicted octanol–water partition coefficient (Wildman–Crippen LogP) is 3.45. The molecule has 1 aliphatic heterocycles. The number of rotatable bonds is 5. The Morgan fingerprint density at radius 1 is 1.11 bits per heavy atom. The second kappa shape index (κ2) is 7.84. The number of aromatic nitrogens is 4. The van der Waals surface area contributed by atoms with Gasteiger partial charge in [-0.05, 0) is 55.1 Å². The lowest BCUT2D eigenvalue weighted by Gasteiger charge is -2.24. The van der Waals surface area contributed by atoms with Crippen LogP contribution in [-0.4, -0.2) is 39.3 Å². The second-order valence-electron chi connectivity index (χ2n) is 7.30. The molecule has 0 saturated carbocycles. The van der Waals surface area contributed by atoms with Gasteiger partial charge in [-0.2, -0.15) is 5.10 Å². The van der Waals surface area contributed by atoms with Crippen LogP contribution >= 0.6 is 0 Å². The zero-order valence-corrected chi connectivity index (χ0v) is 15.7. The Balaban J connectivity index is 1.54. The Bertz CT molecular complexity index is 919. The summed E-state index contributed by atoms with van der Waals surface area (Å²) in [7, 11) is 0. The quantitative estimate of drug-likeness (QED) is 0.640. The van der Waals surface area contributed by atoms with E-state index in [0.29, 0.717) is 17.8 Å². The van der Waals surface area contributed by atoms with Gasteiger partial charge in [0, 0.05) is 12.6 Å². The lowest BCUT2D eigenvalue weighted by Crippen LogP contribution is -2.38. The van der Waals surface area contributed by atoms with Crippen molar-refractivity contribution in [1.82, 2.24) is 25.5 Å². The number of nitrogens with zero attached hydrogens (tertiary/aromatic N) is 4. The summed E-state index contributed by atoms with van der Waals surface area (Å²) in [6.45, 7) is 6.36. The molecule has 1 aliphatic rings. The van der Waals surface area contributed by atoms with Gasteiger partial charge < -0.3 is 16.0 Å². The molecule has 4 heterocycles. The molecule has 1 fully saturated rings. The summed E-state index contributed by atoms with van der Waals surface area (Å²) in [6.07, 6.45) is 6.04. The molecule has 1 atom stereocenters. The molecule has 7 heteroatoms. The van der Waals surface area contributed by atoms with Gasteiger partial charge >= 0.3 is 0 Å². The Morgan fingerprint density at radius 3 is 2.85 bits per heavy atom. The molecule has 1 unspecified atom stereocenters. The maximum absolute atomic E-state index is 4.70. The minimum atomic E-state index is 0.401. The molecular weight excluding hydrogens is 338 g/mol. The molecular formula is C20H25N7. The fourth-order valence-electron chi connectivity index (χ4n) is 3.26. The Hall–Kier alpha value is -2.80. The Labute approximate surface area is 159 Å². The maximum Gasteiger partial charge on any atom is 0.154 e. The van der Waals surface area contributed by atoms with E-state index in [2.05, 4.69) is 51.0 Å². The van der Waals surface area contributed by atoms with Crippen LogP contribution in [0, 0.1) is 0 Å². The number of anilines is 3. The molecule has 3 N–H and O–H groups in total. The van der Waals surface area contributed by atoms with Gasteiger partial charge in [0.25, 0.3) is 0 Å². The highest BCUT2D eigenvalue weighted by molar-refractivity contribution is 5.79. The van der Waals surface area contributed by atoms with Gasteiger partial charge in [-0.15, -0.1) is 5.10 Å². The zero-order chi connectivity index (χ0) is 18.6. The van der Waals surface area contributed by atoms with Crippen molar-refractivity contribution >= 4 is 28.4 Å². The minimum Gasteiger partial charge on any atom is -0.380 e. The number of piperidine rings is 1. The van der Waals surface area contributed by atoms with Gasteiger partial charge in [0.1, 0.15) is 5.82 Å². The van der Waals surface area contributed by atoms with E-state index in [9.17, 15) is 0 Å². The summed E-state index contributed by atoms with van der Waals surface area (Å²) in [5.74, 6) is 1.83. The minimum absolute atomic E-state index is 0.401. The van der Waals surface area contributed by atoms with Crippen molar-refractivity contribution in [2.75, 3.05) is 23.7 Å². The fraction of sp³-hybridized carbons (Fsp3) is 0.400. The second-order valence-corrected chi connectivity index (χ2v) is 7.30. The largest absolute Gasteiger partial charge is 0.380 e. The smallest absolute Gasteiger partial charge is 0.154 e. The van der Waals surface area contributed by atoms with Gasteiger partial charge in [-0.3, -0.25) is 4.98 Å². The lowest BCUT2D eigenvalue weighted by atomic mass is 10.1. The predicted molar refractivity (Wildman–Crippen MR) is 108 cm³/mol. The van der Waals surface area contributed by atoms with E-state index in [1.807, 2.05) is 24.4 Å². The number of nitrogens with one attached hydrogen (secondary N) is 3. The summed E-state index contributed by atoms with van der Waals surface area (Å²) < 4.78 is 0. The van der Waals surface area contributed by atoms with Crippen LogP contribution in [0.5, 0.6) is 0 Å². The average Bonchev–Trinajstić information content (AvgIpc) is 2.69. The van der Waals surface area contributed by atoms with Crippen molar-refractivity contribution in [3.05, 3.63) is 42.2 Å². The molecule has 0 spiro atoms. The normalized spacial score (nSPS) is 17.2. The summed E-state index contributed by atoms with van der Waals surface area (Å²) in [5, 5.41) is 18.5. The van der Waals surface area contributed by atoms with E-state index in [4.69, 9.17) is 4.98 Å². The molecule has 0 radical (unpaired) electrons. The first-order chi connectivity index (χ1) is 13.2. The molecule has 3 aromatic rings. The van der Waals surface area contributed by atoms with Crippen molar-refractivity contribution in [2.45, 2.75) is 38.6 Å². The fourth-order valence-corrected chi connectivity index (χ4v) is 3.26. The summed E-state index contributed by atoms with van der Waals surface area (Å²) in [6, 6.07) is 8.38. The van der Waals surface area contributed by atoms with Crippen molar-refractivity contribution in [3.63, 3.8) is 0 Å². The average molecular weight is 363 g/mol. The van der Waals surface area contributed by atoms with Crippen molar-refractivity contribution < 1.29 is 0 Å². The van der Waals surface area contributed by atoms with Crippen molar-refractivity contribution in [3.8, 4) is 0 Å². The summed E-state index contributed by atoms with van der Waals surface area (Å²) in [5.41, 5.74) is 3.86. The van der Waals surface area contributed by atoms with Crippen LogP contribution in [-0.2, 0) is 0 Å². The van der Waals surface area contributed by atoms with Crippen LogP contribution in [0.15, 0.2) is 36.7 Å². The van der Waals surface area contributed by atoms with E-state index in [0.717, 1.165) is 41.2 Å². The Kier molecular flexibility index (Phi) is 5.11. The number of hydrogen-bond acceptors (Lipinski definition) is 7. The molecule has 140 valence electrons. The first-order valence-corrected chi connectivity index (χ1v) is 9.51. The topological polar surface area (TPSA) is 87.7 Å². The van der Waals surface area contributed by atoms with E-state index in [1.165, 1.54) is 12.8 Å². The maximum atomic E-state index is 4.70. The van der Waals surface area contributed by atoms with Crippen LogP contribution in [0.2, 0.25) is 0 Å². The number of fused-ring (bicyclic) bond motifs is 1. The lowest BCUT2D eigenvalue weighted by molar-refractivity contribution is 0.480. The van der Waals surface area contributed by atoms with Crippen LogP contribution in [0.25, 0.3) is 11.0 Å². The third-order valence-electron chi connectivity index (χ3n) is 4.80. The first-order valence-electron chi connectivity index (χ1n) is 9.51. The van der Waals surface area contributed by atoms with Gasteiger partial charge in [0.15, 0.2) is 5.82 Å². The summed E-state index contributed by atoms with van der Waals surface area (Å²) >= 11 is 0. The van der Waals surface area contributed by atoms with Crippen LogP contribution in [0.3, 0.4) is 0 Å². The third kappa shape index (κ3) is 4.31. The summed E-state index contributed by atoms with van der Waals surface area (Å²) in [4.78, 5) is 9.23.